The van der Waals surface area contributed by atoms with Crippen molar-refractivity contribution in [3.8, 4) is 11.6 Å². The molecule has 7 nitrogen and oxygen atoms in total. The third kappa shape index (κ3) is 6.44. The second-order valence-corrected chi connectivity index (χ2v) is 8.12. The number of anilines is 1. The highest BCUT2D eigenvalue weighted by Gasteiger charge is 2.26. The summed E-state index contributed by atoms with van der Waals surface area (Å²) in [6, 6.07) is 19.9. The molecule has 1 saturated heterocycles. The zero-order valence-electron chi connectivity index (χ0n) is 18.9. The van der Waals surface area contributed by atoms with E-state index in [0.29, 0.717) is 25.0 Å². The van der Waals surface area contributed by atoms with E-state index in [2.05, 4.69) is 32.3 Å². The van der Waals surface area contributed by atoms with Gasteiger partial charge in [0.2, 0.25) is 17.7 Å². The van der Waals surface area contributed by atoms with Crippen LogP contribution in [0, 0.1) is 5.92 Å². The highest BCUT2D eigenvalue weighted by molar-refractivity contribution is 5.78. The standard InChI is InChI=1S/C26H30N4O3/c1-32-24-12-16-28-26(29-24)30-17-13-22(14-18-30)25(31)27-15-11-20-7-9-23(10-8-20)33-19-21-5-3-2-4-6-21/h2-10,12,16,22H,11,13-15,17-19H2,1H3,(H,27,31). The van der Waals surface area contributed by atoms with Crippen LogP contribution in [0.4, 0.5) is 5.95 Å². The number of nitrogens with one attached hydrogen (secondary N) is 1. The van der Waals surface area contributed by atoms with Crippen LogP contribution in [0.15, 0.2) is 66.9 Å². The summed E-state index contributed by atoms with van der Waals surface area (Å²) in [7, 11) is 1.59. The van der Waals surface area contributed by atoms with Crippen LogP contribution in [0.1, 0.15) is 24.0 Å². The van der Waals surface area contributed by atoms with Gasteiger partial charge in [0.1, 0.15) is 12.4 Å². The van der Waals surface area contributed by atoms with Crippen molar-refractivity contribution in [1.82, 2.24) is 15.3 Å². The molecule has 4 rings (SSSR count). The van der Waals surface area contributed by atoms with Gasteiger partial charge in [-0.1, -0.05) is 42.5 Å². The Morgan fingerprint density at radius 1 is 1.03 bits per heavy atom. The number of hydrogen-bond donors (Lipinski definition) is 1. The first kappa shape index (κ1) is 22.6. The number of carbonyl (C=O) groups is 1. The lowest BCUT2D eigenvalue weighted by molar-refractivity contribution is -0.125. The molecule has 0 atom stereocenters. The molecular weight excluding hydrogens is 416 g/mol. The average molecular weight is 447 g/mol. The summed E-state index contributed by atoms with van der Waals surface area (Å²) < 4.78 is 11.0. The molecule has 7 heteroatoms. The Labute approximate surface area is 194 Å². The van der Waals surface area contributed by atoms with E-state index < -0.39 is 0 Å². The zero-order chi connectivity index (χ0) is 22.9. The largest absolute Gasteiger partial charge is 0.489 e. The fourth-order valence-corrected chi connectivity index (χ4v) is 3.91. The van der Waals surface area contributed by atoms with E-state index in [0.717, 1.165) is 43.7 Å². The van der Waals surface area contributed by atoms with E-state index in [1.165, 1.54) is 5.56 Å². The zero-order valence-corrected chi connectivity index (χ0v) is 18.9. The Balaban J connectivity index is 1.17. The number of amides is 1. The predicted molar refractivity (Wildman–Crippen MR) is 127 cm³/mol. The molecule has 2 heterocycles. The van der Waals surface area contributed by atoms with Crippen LogP contribution in [0.2, 0.25) is 0 Å². The minimum atomic E-state index is 0.0284. The lowest BCUT2D eigenvalue weighted by Gasteiger charge is -2.31. The third-order valence-corrected chi connectivity index (χ3v) is 5.86. The van der Waals surface area contributed by atoms with Crippen molar-refractivity contribution in [3.05, 3.63) is 78.0 Å². The second-order valence-electron chi connectivity index (χ2n) is 8.12. The van der Waals surface area contributed by atoms with Crippen molar-refractivity contribution in [2.24, 2.45) is 5.92 Å². The fourth-order valence-electron chi connectivity index (χ4n) is 3.91. The van der Waals surface area contributed by atoms with Crippen molar-refractivity contribution in [3.63, 3.8) is 0 Å². The van der Waals surface area contributed by atoms with E-state index in [-0.39, 0.29) is 11.8 Å². The number of piperidine rings is 1. The van der Waals surface area contributed by atoms with Crippen LogP contribution < -0.4 is 19.7 Å². The minimum Gasteiger partial charge on any atom is -0.489 e. The molecule has 1 aliphatic heterocycles. The Morgan fingerprint density at radius 2 is 1.79 bits per heavy atom. The molecule has 0 radical (unpaired) electrons. The van der Waals surface area contributed by atoms with Crippen molar-refractivity contribution in [2.75, 3.05) is 31.6 Å². The van der Waals surface area contributed by atoms with Gasteiger partial charge in [0.25, 0.3) is 0 Å². The number of methoxy groups -OCH3 is 1. The number of aromatic nitrogens is 2. The van der Waals surface area contributed by atoms with E-state index >= 15 is 0 Å². The quantitative estimate of drug-likeness (QED) is 0.541. The van der Waals surface area contributed by atoms with Gasteiger partial charge in [-0.2, -0.15) is 4.98 Å². The molecule has 172 valence electrons. The first-order chi connectivity index (χ1) is 16.2. The normalized spacial score (nSPS) is 14.0. The van der Waals surface area contributed by atoms with Gasteiger partial charge in [-0.05, 0) is 42.5 Å². The van der Waals surface area contributed by atoms with Crippen molar-refractivity contribution < 1.29 is 14.3 Å². The van der Waals surface area contributed by atoms with Gasteiger partial charge in [0.15, 0.2) is 0 Å². The summed E-state index contributed by atoms with van der Waals surface area (Å²) in [4.78, 5) is 23.4. The Kier molecular flexibility index (Phi) is 7.74. The highest BCUT2D eigenvalue weighted by Crippen LogP contribution is 2.22. The maximum atomic E-state index is 12.6. The van der Waals surface area contributed by atoms with Crippen LogP contribution in [-0.2, 0) is 17.8 Å². The average Bonchev–Trinajstić information content (AvgIpc) is 2.89. The van der Waals surface area contributed by atoms with Crippen LogP contribution in [-0.4, -0.2) is 42.6 Å². The van der Waals surface area contributed by atoms with Gasteiger partial charge in [-0.15, -0.1) is 0 Å². The first-order valence-corrected chi connectivity index (χ1v) is 11.4. The molecular formula is C26H30N4O3. The first-order valence-electron chi connectivity index (χ1n) is 11.4. The Hall–Kier alpha value is -3.61. The number of rotatable bonds is 9. The number of ether oxygens (including phenoxy) is 2. The molecule has 1 aliphatic rings. The van der Waals surface area contributed by atoms with Gasteiger partial charge in [0, 0.05) is 37.8 Å². The van der Waals surface area contributed by atoms with Crippen molar-refractivity contribution in [1.29, 1.82) is 0 Å². The van der Waals surface area contributed by atoms with Gasteiger partial charge in [0.05, 0.1) is 7.11 Å². The van der Waals surface area contributed by atoms with Gasteiger partial charge in [-0.3, -0.25) is 4.79 Å². The van der Waals surface area contributed by atoms with Crippen LogP contribution in [0.5, 0.6) is 11.6 Å². The van der Waals surface area contributed by atoms with E-state index in [1.807, 2.05) is 42.5 Å². The molecule has 33 heavy (non-hydrogen) atoms. The molecule has 0 unspecified atom stereocenters. The highest BCUT2D eigenvalue weighted by atomic mass is 16.5. The molecule has 1 N–H and O–H groups in total. The lowest BCUT2D eigenvalue weighted by atomic mass is 9.96. The smallest absolute Gasteiger partial charge is 0.228 e. The summed E-state index contributed by atoms with van der Waals surface area (Å²) in [5, 5.41) is 3.10. The molecule has 0 saturated carbocycles. The topological polar surface area (TPSA) is 76.6 Å². The van der Waals surface area contributed by atoms with E-state index in [1.54, 1.807) is 19.4 Å². The van der Waals surface area contributed by atoms with Gasteiger partial charge >= 0.3 is 0 Å². The maximum Gasteiger partial charge on any atom is 0.228 e. The Bertz CT molecular complexity index is 1020. The molecule has 0 aliphatic carbocycles. The van der Waals surface area contributed by atoms with Crippen molar-refractivity contribution >= 4 is 11.9 Å². The Morgan fingerprint density at radius 3 is 2.52 bits per heavy atom. The molecule has 1 aromatic heterocycles. The maximum absolute atomic E-state index is 12.6. The van der Waals surface area contributed by atoms with Gasteiger partial charge < -0.3 is 19.7 Å². The van der Waals surface area contributed by atoms with Gasteiger partial charge in [-0.25, -0.2) is 4.98 Å². The van der Waals surface area contributed by atoms with Crippen LogP contribution in [0.25, 0.3) is 0 Å². The number of hydrogen-bond acceptors (Lipinski definition) is 6. The number of nitrogens with zero attached hydrogens (tertiary/aromatic N) is 3. The predicted octanol–water partition coefficient (Wildman–Crippen LogP) is 3.64. The molecule has 1 fully saturated rings. The summed E-state index contributed by atoms with van der Waals surface area (Å²) in [6.07, 6.45) is 4.07. The number of carbonyl (C=O) groups excluding carboxylic acids is 1. The molecule has 0 bridgehead atoms. The summed E-state index contributed by atoms with van der Waals surface area (Å²) in [5.74, 6) is 2.21. The molecule has 1 amide bonds. The minimum absolute atomic E-state index is 0.0284. The van der Waals surface area contributed by atoms with Crippen LogP contribution >= 0.6 is 0 Å². The SMILES string of the molecule is COc1ccnc(N2CCC(C(=O)NCCc3ccc(OCc4ccccc4)cc3)CC2)n1. The third-order valence-electron chi connectivity index (χ3n) is 5.86. The summed E-state index contributed by atoms with van der Waals surface area (Å²) in [6.45, 7) is 2.70. The summed E-state index contributed by atoms with van der Waals surface area (Å²) >= 11 is 0. The van der Waals surface area contributed by atoms with Crippen molar-refractivity contribution in [2.45, 2.75) is 25.9 Å². The molecule has 3 aromatic rings. The van der Waals surface area contributed by atoms with E-state index in [9.17, 15) is 4.79 Å². The van der Waals surface area contributed by atoms with Crippen LogP contribution in [0.3, 0.4) is 0 Å². The second kappa shape index (κ2) is 11.3. The monoisotopic (exact) mass is 446 g/mol. The lowest BCUT2D eigenvalue weighted by Crippen LogP contribution is -2.41. The molecule has 0 spiro atoms. The number of benzene rings is 2. The molecule has 2 aromatic carbocycles. The fraction of sp³-hybridized carbons (Fsp3) is 0.346. The van der Waals surface area contributed by atoms with E-state index in [4.69, 9.17) is 9.47 Å². The summed E-state index contributed by atoms with van der Waals surface area (Å²) in [5.41, 5.74) is 2.32.